The Bertz CT molecular complexity index is 465. The number of rotatable bonds is 4. The minimum Gasteiger partial charge on any atom is -0.365 e. The van der Waals surface area contributed by atoms with Crippen LogP contribution in [0.4, 0.5) is 5.69 Å². The summed E-state index contributed by atoms with van der Waals surface area (Å²) >= 11 is 0. The number of hydrogen-bond donors (Lipinski definition) is 1. The van der Waals surface area contributed by atoms with Crippen molar-refractivity contribution in [1.29, 1.82) is 0 Å². The summed E-state index contributed by atoms with van der Waals surface area (Å²) in [6, 6.07) is 7.93. The van der Waals surface area contributed by atoms with Gasteiger partial charge in [-0.3, -0.25) is 0 Å². The molecule has 0 aliphatic carbocycles. The molecule has 2 unspecified atom stereocenters. The van der Waals surface area contributed by atoms with Gasteiger partial charge in [0, 0.05) is 30.9 Å². The highest BCUT2D eigenvalue weighted by molar-refractivity contribution is 5.57. The second-order valence-corrected chi connectivity index (χ2v) is 7.42. The van der Waals surface area contributed by atoms with E-state index in [0.29, 0.717) is 18.0 Å². The Kier molecular flexibility index (Phi) is 5.32. The molecule has 1 N–H and O–H groups in total. The molecule has 0 radical (unpaired) electrons. The van der Waals surface area contributed by atoms with E-state index in [1.807, 2.05) is 0 Å². The fourth-order valence-electron chi connectivity index (χ4n) is 3.48. The average Bonchev–Trinajstić information content (AvgIpc) is 2.41. The molecule has 1 heterocycles. The molecule has 1 aromatic rings. The van der Waals surface area contributed by atoms with Gasteiger partial charge in [-0.05, 0) is 49.3 Å². The average molecular weight is 288 g/mol. The van der Waals surface area contributed by atoms with Crippen LogP contribution in [0, 0.1) is 25.7 Å². The second-order valence-electron chi connectivity index (χ2n) is 7.42. The highest BCUT2D eigenvalue weighted by atomic mass is 15.2. The zero-order valence-electron chi connectivity index (χ0n) is 14.6. The molecule has 0 saturated carbocycles. The highest BCUT2D eigenvalue weighted by Gasteiger charge is 2.31. The summed E-state index contributed by atoms with van der Waals surface area (Å²) < 4.78 is 0. The topological polar surface area (TPSA) is 15.3 Å². The van der Waals surface area contributed by atoms with Gasteiger partial charge in [0.25, 0.3) is 0 Å². The van der Waals surface area contributed by atoms with Crippen LogP contribution in [-0.4, -0.2) is 25.2 Å². The Morgan fingerprint density at radius 3 is 2.52 bits per heavy atom. The molecule has 118 valence electrons. The van der Waals surface area contributed by atoms with Gasteiger partial charge in [-0.25, -0.2) is 0 Å². The van der Waals surface area contributed by atoms with Gasteiger partial charge in [0.05, 0.1) is 0 Å². The minimum absolute atomic E-state index is 0.592. The maximum Gasteiger partial charge on any atom is 0.0438 e. The van der Waals surface area contributed by atoms with Crippen LogP contribution < -0.4 is 10.2 Å². The number of nitrogens with one attached hydrogen (secondary N) is 1. The van der Waals surface area contributed by atoms with Crippen molar-refractivity contribution in [1.82, 2.24) is 5.32 Å². The molecule has 0 amide bonds. The fourth-order valence-corrected chi connectivity index (χ4v) is 3.48. The van der Waals surface area contributed by atoms with Gasteiger partial charge in [-0.15, -0.1) is 0 Å². The molecule has 0 bridgehead atoms. The zero-order valence-corrected chi connectivity index (χ0v) is 14.6. The summed E-state index contributed by atoms with van der Waals surface area (Å²) in [5.41, 5.74) is 4.27. The molecule has 1 aliphatic heterocycles. The van der Waals surface area contributed by atoms with E-state index in [-0.39, 0.29) is 0 Å². The number of benzene rings is 1. The molecule has 2 heteroatoms. The Morgan fingerprint density at radius 1 is 1.19 bits per heavy atom. The second kappa shape index (κ2) is 6.83. The van der Waals surface area contributed by atoms with E-state index in [2.05, 4.69) is 70.0 Å². The van der Waals surface area contributed by atoms with Crippen LogP contribution in [0.15, 0.2) is 18.2 Å². The number of aryl methyl sites for hydroxylation is 1. The monoisotopic (exact) mass is 288 g/mol. The van der Waals surface area contributed by atoms with Gasteiger partial charge in [0.2, 0.25) is 0 Å². The maximum atomic E-state index is 3.77. The SMILES string of the molecule is Cc1cccc(N2CC(CC(C)C)NCC2C(C)C)c1C. The lowest BCUT2D eigenvalue weighted by molar-refractivity contribution is 0.310. The largest absolute Gasteiger partial charge is 0.365 e. The lowest BCUT2D eigenvalue weighted by Gasteiger charge is -2.45. The van der Waals surface area contributed by atoms with Crippen LogP contribution in [0.5, 0.6) is 0 Å². The van der Waals surface area contributed by atoms with Crippen LogP contribution in [0.25, 0.3) is 0 Å². The number of hydrogen-bond acceptors (Lipinski definition) is 2. The number of nitrogens with zero attached hydrogens (tertiary/aromatic N) is 1. The Labute approximate surface area is 130 Å². The van der Waals surface area contributed by atoms with Gasteiger partial charge >= 0.3 is 0 Å². The predicted molar refractivity (Wildman–Crippen MR) is 93.1 cm³/mol. The van der Waals surface area contributed by atoms with Crippen molar-refractivity contribution in [2.24, 2.45) is 11.8 Å². The molecule has 1 aliphatic rings. The normalized spacial score (nSPS) is 23.1. The summed E-state index contributed by atoms with van der Waals surface area (Å²) in [7, 11) is 0. The fraction of sp³-hybridized carbons (Fsp3) is 0.684. The van der Waals surface area contributed by atoms with Crippen LogP contribution in [0.1, 0.15) is 45.2 Å². The van der Waals surface area contributed by atoms with Gasteiger partial charge in [-0.1, -0.05) is 39.8 Å². The van der Waals surface area contributed by atoms with Crippen LogP contribution >= 0.6 is 0 Å². The van der Waals surface area contributed by atoms with E-state index in [9.17, 15) is 0 Å². The third-order valence-corrected chi connectivity index (χ3v) is 4.84. The van der Waals surface area contributed by atoms with Gasteiger partial charge in [0.15, 0.2) is 0 Å². The van der Waals surface area contributed by atoms with E-state index in [0.717, 1.165) is 19.0 Å². The molecular formula is C19H32N2. The first kappa shape index (κ1) is 16.4. The molecule has 1 aromatic carbocycles. The molecule has 0 spiro atoms. The third-order valence-electron chi connectivity index (χ3n) is 4.84. The first-order valence-electron chi connectivity index (χ1n) is 8.46. The van der Waals surface area contributed by atoms with Gasteiger partial charge in [-0.2, -0.15) is 0 Å². The van der Waals surface area contributed by atoms with Crippen molar-refractivity contribution in [2.75, 3.05) is 18.0 Å². The van der Waals surface area contributed by atoms with E-state index < -0.39 is 0 Å². The molecule has 2 rings (SSSR count). The predicted octanol–water partition coefficient (Wildman–Crippen LogP) is 4.15. The zero-order chi connectivity index (χ0) is 15.6. The summed E-state index contributed by atoms with van der Waals surface area (Å²) in [4.78, 5) is 2.66. The first-order valence-corrected chi connectivity index (χ1v) is 8.46. The third kappa shape index (κ3) is 3.79. The molecule has 21 heavy (non-hydrogen) atoms. The Balaban J connectivity index is 2.27. The Hall–Kier alpha value is -1.02. The minimum atomic E-state index is 0.592. The number of anilines is 1. The number of piperazine rings is 1. The molecule has 0 aromatic heterocycles. The lowest BCUT2D eigenvalue weighted by Crippen LogP contribution is -2.59. The molecular weight excluding hydrogens is 256 g/mol. The smallest absolute Gasteiger partial charge is 0.0438 e. The van der Waals surface area contributed by atoms with Crippen molar-refractivity contribution >= 4 is 5.69 Å². The molecule has 1 fully saturated rings. The summed E-state index contributed by atoms with van der Waals surface area (Å²) in [6.45, 7) is 16.0. The van der Waals surface area contributed by atoms with E-state index in [4.69, 9.17) is 0 Å². The molecule has 1 saturated heterocycles. The Morgan fingerprint density at radius 2 is 1.90 bits per heavy atom. The van der Waals surface area contributed by atoms with Gasteiger partial charge in [0.1, 0.15) is 0 Å². The van der Waals surface area contributed by atoms with Crippen LogP contribution in [0.3, 0.4) is 0 Å². The summed E-state index contributed by atoms with van der Waals surface area (Å²) in [5, 5.41) is 3.77. The first-order chi connectivity index (χ1) is 9.90. The van der Waals surface area contributed by atoms with Crippen molar-refractivity contribution < 1.29 is 0 Å². The van der Waals surface area contributed by atoms with Crippen LogP contribution in [0.2, 0.25) is 0 Å². The summed E-state index contributed by atoms with van der Waals surface area (Å²) in [5.74, 6) is 1.41. The lowest BCUT2D eigenvalue weighted by atomic mass is 9.93. The van der Waals surface area contributed by atoms with E-state index in [1.165, 1.54) is 23.2 Å². The van der Waals surface area contributed by atoms with Crippen molar-refractivity contribution in [3.8, 4) is 0 Å². The van der Waals surface area contributed by atoms with Crippen molar-refractivity contribution in [3.63, 3.8) is 0 Å². The maximum absolute atomic E-state index is 3.77. The van der Waals surface area contributed by atoms with E-state index in [1.54, 1.807) is 0 Å². The molecule has 2 nitrogen and oxygen atoms in total. The van der Waals surface area contributed by atoms with Crippen molar-refractivity contribution in [2.45, 2.75) is 60.0 Å². The van der Waals surface area contributed by atoms with E-state index >= 15 is 0 Å². The van der Waals surface area contributed by atoms with Gasteiger partial charge < -0.3 is 10.2 Å². The standard InChI is InChI=1S/C19H32N2/c1-13(2)10-17-12-21(19(11-20-17)14(3)4)18-9-7-8-15(5)16(18)6/h7-9,13-14,17,19-20H,10-12H2,1-6H3. The highest BCUT2D eigenvalue weighted by Crippen LogP contribution is 2.29. The molecule has 2 atom stereocenters. The summed E-state index contributed by atoms with van der Waals surface area (Å²) in [6.07, 6.45) is 1.26. The van der Waals surface area contributed by atoms with Crippen molar-refractivity contribution in [3.05, 3.63) is 29.3 Å². The quantitative estimate of drug-likeness (QED) is 0.895. The van der Waals surface area contributed by atoms with Crippen LogP contribution in [-0.2, 0) is 0 Å².